The summed E-state index contributed by atoms with van der Waals surface area (Å²) in [4.78, 5) is 31.0. The number of carbonyl (C=O) groups is 1. The normalized spacial score (nSPS) is 10.7. The van der Waals surface area contributed by atoms with Gasteiger partial charge >= 0.3 is 0 Å². The molecule has 0 saturated carbocycles. The fourth-order valence-electron chi connectivity index (χ4n) is 1.75. The second kappa shape index (κ2) is 6.47. The molecule has 118 valence electrons. The third-order valence-corrected chi connectivity index (χ3v) is 2.69. The Morgan fingerprint density at radius 2 is 1.96 bits per heavy atom. The van der Waals surface area contributed by atoms with Gasteiger partial charge in [0.2, 0.25) is 5.91 Å². The first kappa shape index (κ1) is 15.8. The van der Waals surface area contributed by atoms with Crippen LogP contribution in [0.25, 0.3) is 11.3 Å². The number of nitro groups is 2. The van der Waals surface area contributed by atoms with Crippen molar-refractivity contribution in [2.75, 3.05) is 0 Å². The summed E-state index contributed by atoms with van der Waals surface area (Å²) in [5.41, 5.74) is 1.44. The molecular weight excluding hydrogens is 308 g/mol. The number of hydrazone groups is 1. The minimum atomic E-state index is -0.726. The standard InChI is InChI=1S/C13H10N4O6/c1-8(18)15-14-7-10-3-5-13(23-10)11-4-2-9(16(19)20)6-12(11)17(21)22/h2-7H,1H3,(H,15,18)/b14-7-. The number of benzene rings is 1. The number of non-ortho nitro benzene ring substituents is 1. The SMILES string of the molecule is CC(=O)N/N=C\c1ccc(-c2ccc([N+](=O)[O-])cc2[N+](=O)[O-])o1. The molecule has 23 heavy (non-hydrogen) atoms. The zero-order valence-electron chi connectivity index (χ0n) is 11.8. The average molecular weight is 318 g/mol. The van der Waals surface area contributed by atoms with Crippen molar-refractivity contribution in [1.29, 1.82) is 0 Å². The van der Waals surface area contributed by atoms with Gasteiger partial charge in [-0.1, -0.05) is 0 Å². The topological polar surface area (TPSA) is 141 Å². The first-order valence-corrected chi connectivity index (χ1v) is 6.21. The molecule has 0 saturated heterocycles. The fraction of sp³-hybridized carbons (Fsp3) is 0.0769. The highest BCUT2D eigenvalue weighted by molar-refractivity contribution is 5.81. The first-order chi connectivity index (χ1) is 10.9. The molecule has 1 aromatic heterocycles. The molecule has 0 unspecified atom stereocenters. The number of hydrogen-bond donors (Lipinski definition) is 1. The quantitative estimate of drug-likeness (QED) is 0.509. The summed E-state index contributed by atoms with van der Waals surface area (Å²) >= 11 is 0. The van der Waals surface area contributed by atoms with Gasteiger partial charge in [-0.15, -0.1) is 0 Å². The maximum Gasteiger partial charge on any atom is 0.287 e. The van der Waals surface area contributed by atoms with Gasteiger partial charge in [0.25, 0.3) is 11.4 Å². The number of nitro benzene ring substituents is 2. The van der Waals surface area contributed by atoms with Crippen LogP contribution in [-0.2, 0) is 4.79 Å². The van der Waals surface area contributed by atoms with Crippen molar-refractivity contribution < 1.29 is 19.1 Å². The minimum absolute atomic E-state index is 0.0970. The van der Waals surface area contributed by atoms with Crippen LogP contribution >= 0.6 is 0 Å². The maximum atomic E-state index is 11.1. The molecule has 0 aliphatic rings. The Kier molecular flexibility index (Phi) is 4.45. The van der Waals surface area contributed by atoms with E-state index in [1.807, 2.05) is 0 Å². The molecule has 0 fully saturated rings. The highest BCUT2D eigenvalue weighted by atomic mass is 16.6. The highest BCUT2D eigenvalue weighted by Crippen LogP contribution is 2.33. The van der Waals surface area contributed by atoms with Crippen LogP contribution < -0.4 is 5.43 Å². The Morgan fingerprint density at radius 3 is 2.57 bits per heavy atom. The van der Waals surface area contributed by atoms with Gasteiger partial charge in [-0.2, -0.15) is 5.10 Å². The van der Waals surface area contributed by atoms with Gasteiger partial charge in [0.15, 0.2) is 0 Å². The van der Waals surface area contributed by atoms with Crippen LogP contribution in [0.5, 0.6) is 0 Å². The zero-order valence-corrected chi connectivity index (χ0v) is 11.8. The molecule has 0 aliphatic carbocycles. The number of amides is 1. The van der Waals surface area contributed by atoms with Crippen molar-refractivity contribution in [2.24, 2.45) is 5.10 Å². The van der Waals surface area contributed by atoms with Crippen molar-refractivity contribution >= 4 is 23.5 Å². The van der Waals surface area contributed by atoms with E-state index in [0.717, 1.165) is 12.1 Å². The number of nitrogens with one attached hydrogen (secondary N) is 1. The number of furan rings is 1. The number of nitrogens with zero attached hydrogens (tertiary/aromatic N) is 3. The second-order valence-electron chi connectivity index (χ2n) is 4.34. The van der Waals surface area contributed by atoms with Crippen LogP contribution in [0.4, 0.5) is 11.4 Å². The molecule has 10 heteroatoms. The smallest absolute Gasteiger partial charge is 0.287 e. The highest BCUT2D eigenvalue weighted by Gasteiger charge is 2.22. The average Bonchev–Trinajstić information content (AvgIpc) is 2.94. The van der Waals surface area contributed by atoms with Crippen molar-refractivity contribution in [3.05, 3.63) is 56.3 Å². The van der Waals surface area contributed by atoms with Crippen LogP contribution in [0.1, 0.15) is 12.7 Å². The molecule has 0 radical (unpaired) electrons. The predicted octanol–water partition coefficient (Wildman–Crippen LogP) is 2.23. The van der Waals surface area contributed by atoms with Gasteiger partial charge in [0, 0.05) is 13.0 Å². The van der Waals surface area contributed by atoms with E-state index >= 15 is 0 Å². The van der Waals surface area contributed by atoms with E-state index in [0.29, 0.717) is 0 Å². The number of rotatable bonds is 5. The largest absolute Gasteiger partial charge is 0.455 e. The lowest BCUT2D eigenvalue weighted by atomic mass is 10.1. The fourth-order valence-corrected chi connectivity index (χ4v) is 1.75. The number of hydrogen-bond acceptors (Lipinski definition) is 7. The van der Waals surface area contributed by atoms with Crippen LogP contribution in [0.2, 0.25) is 0 Å². The monoisotopic (exact) mass is 318 g/mol. The molecule has 0 spiro atoms. The van der Waals surface area contributed by atoms with E-state index in [1.165, 1.54) is 31.3 Å². The molecule has 10 nitrogen and oxygen atoms in total. The van der Waals surface area contributed by atoms with Crippen LogP contribution in [0, 0.1) is 20.2 Å². The summed E-state index contributed by atoms with van der Waals surface area (Å²) in [6.45, 7) is 1.28. The molecule has 0 atom stereocenters. The predicted molar refractivity (Wildman–Crippen MR) is 78.9 cm³/mol. The summed E-state index contributed by atoms with van der Waals surface area (Å²) in [7, 11) is 0. The molecule has 2 aromatic rings. The lowest BCUT2D eigenvalue weighted by molar-refractivity contribution is -0.393. The Balaban J connectivity index is 2.37. The van der Waals surface area contributed by atoms with Crippen molar-refractivity contribution in [2.45, 2.75) is 6.92 Å². The van der Waals surface area contributed by atoms with Crippen LogP contribution in [0.3, 0.4) is 0 Å². The van der Waals surface area contributed by atoms with E-state index < -0.39 is 15.5 Å². The van der Waals surface area contributed by atoms with E-state index in [9.17, 15) is 25.0 Å². The summed E-state index contributed by atoms with van der Waals surface area (Å²) in [6.07, 6.45) is 1.22. The van der Waals surface area contributed by atoms with Crippen LogP contribution in [-0.4, -0.2) is 22.0 Å². The second-order valence-corrected chi connectivity index (χ2v) is 4.34. The van der Waals surface area contributed by atoms with Gasteiger partial charge in [0.1, 0.15) is 11.5 Å². The maximum absolute atomic E-state index is 11.1. The lowest BCUT2D eigenvalue weighted by Gasteiger charge is -1.99. The molecule has 0 aliphatic heterocycles. The Bertz CT molecular complexity index is 811. The van der Waals surface area contributed by atoms with Gasteiger partial charge < -0.3 is 4.42 Å². The lowest BCUT2D eigenvalue weighted by Crippen LogP contribution is -2.12. The minimum Gasteiger partial charge on any atom is -0.455 e. The van der Waals surface area contributed by atoms with E-state index in [2.05, 4.69) is 10.5 Å². The van der Waals surface area contributed by atoms with Crippen LogP contribution in [0.15, 0.2) is 39.9 Å². The van der Waals surface area contributed by atoms with Gasteiger partial charge in [-0.05, 0) is 18.2 Å². The van der Waals surface area contributed by atoms with Crippen molar-refractivity contribution in [3.63, 3.8) is 0 Å². The number of carbonyl (C=O) groups excluding carboxylic acids is 1. The third-order valence-electron chi connectivity index (χ3n) is 2.69. The van der Waals surface area contributed by atoms with Crippen molar-refractivity contribution in [3.8, 4) is 11.3 Å². The molecule has 1 heterocycles. The molecule has 1 aromatic carbocycles. The van der Waals surface area contributed by atoms with E-state index in [-0.39, 0.29) is 28.7 Å². The molecule has 1 N–H and O–H groups in total. The summed E-state index contributed by atoms with van der Waals surface area (Å²) in [6, 6.07) is 6.21. The molecule has 1 amide bonds. The Labute approximate surface area is 128 Å². The summed E-state index contributed by atoms with van der Waals surface area (Å²) in [5.74, 6) is 0.0383. The van der Waals surface area contributed by atoms with E-state index in [1.54, 1.807) is 0 Å². The van der Waals surface area contributed by atoms with Crippen molar-refractivity contribution in [1.82, 2.24) is 5.43 Å². The van der Waals surface area contributed by atoms with Gasteiger partial charge in [-0.3, -0.25) is 25.0 Å². The third kappa shape index (κ3) is 3.75. The molecular formula is C13H10N4O6. The van der Waals surface area contributed by atoms with Gasteiger partial charge in [0.05, 0.1) is 27.7 Å². The Hall–Kier alpha value is -3.56. The molecule has 0 bridgehead atoms. The molecule has 2 rings (SSSR count). The van der Waals surface area contributed by atoms with E-state index in [4.69, 9.17) is 4.42 Å². The van der Waals surface area contributed by atoms with Gasteiger partial charge in [-0.25, -0.2) is 5.43 Å². The Morgan fingerprint density at radius 1 is 1.22 bits per heavy atom. The summed E-state index contributed by atoms with van der Waals surface area (Å²) in [5, 5.41) is 25.4. The zero-order chi connectivity index (χ0) is 17.0. The first-order valence-electron chi connectivity index (χ1n) is 6.21. The summed E-state index contributed by atoms with van der Waals surface area (Å²) < 4.78 is 5.37.